The highest BCUT2D eigenvalue weighted by molar-refractivity contribution is 5.71. The molecule has 0 saturated carbocycles. The first-order valence-corrected chi connectivity index (χ1v) is 25.5. The third-order valence-corrected chi connectivity index (χ3v) is 11.2. The number of nitrogens with zero attached hydrogens (tertiary/aromatic N) is 1. The monoisotopic (exact) mass is 865 g/mol. The minimum Gasteiger partial charge on any atom is -0.477 e. The van der Waals surface area contributed by atoms with Crippen molar-refractivity contribution in [2.75, 3.05) is 47.5 Å². The van der Waals surface area contributed by atoms with Crippen LogP contribution in [0.25, 0.3) is 0 Å². The average molecular weight is 865 g/mol. The topological polar surface area (TPSA) is 108 Å². The molecule has 0 spiro atoms. The number of carbonyl (C=O) groups is 3. The molecule has 0 bridgehead atoms. The van der Waals surface area contributed by atoms with Crippen molar-refractivity contribution in [1.82, 2.24) is 0 Å². The number of carboxylic acids is 1. The number of rotatable bonds is 47. The third-order valence-electron chi connectivity index (χ3n) is 11.2. The number of hydrogen-bond donors (Lipinski definition) is 1. The van der Waals surface area contributed by atoms with Crippen LogP contribution in [-0.2, 0) is 33.3 Å². The Kier molecular flexibility index (Phi) is 42.8. The van der Waals surface area contributed by atoms with E-state index in [1.54, 1.807) is 0 Å². The summed E-state index contributed by atoms with van der Waals surface area (Å²) in [6.07, 6.45) is 46.6. The lowest BCUT2D eigenvalue weighted by atomic mass is 10.0. The quantitative estimate of drug-likeness (QED) is 0.0212. The highest BCUT2D eigenvalue weighted by Gasteiger charge is 2.25. The van der Waals surface area contributed by atoms with Gasteiger partial charge in [0.2, 0.25) is 0 Å². The highest BCUT2D eigenvalue weighted by atomic mass is 16.7. The molecule has 0 aromatic heterocycles. The van der Waals surface area contributed by atoms with E-state index < -0.39 is 24.3 Å². The van der Waals surface area contributed by atoms with E-state index in [0.29, 0.717) is 17.4 Å². The molecule has 0 rings (SSSR count). The fourth-order valence-corrected chi connectivity index (χ4v) is 7.22. The van der Waals surface area contributed by atoms with Gasteiger partial charge in [0.05, 0.1) is 34.4 Å². The Labute approximate surface area is 376 Å². The van der Waals surface area contributed by atoms with Gasteiger partial charge in [0.25, 0.3) is 6.29 Å². The first-order chi connectivity index (χ1) is 29.6. The second-order valence-corrected chi connectivity index (χ2v) is 18.5. The second-order valence-electron chi connectivity index (χ2n) is 18.5. The molecule has 0 aromatic carbocycles. The van der Waals surface area contributed by atoms with E-state index in [-0.39, 0.29) is 32.2 Å². The van der Waals surface area contributed by atoms with Crippen molar-refractivity contribution in [2.45, 2.75) is 245 Å². The van der Waals surface area contributed by atoms with E-state index in [9.17, 15) is 19.5 Å². The number of likely N-dealkylation sites (N-methyl/N-ethyl adjacent to an activating group) is 1. The molecule has 2 atom stereocenters. The Bertz CT molecular complexity index is 1050. The van der Waals surface area contributed by atoms with Crippen LogP contribution in [0, 0.1) is 0 Å². The number of quaternary nitrogens is 1. The molecule has 0 radical (unpaired) electrons. The zero-order valence-corrected chi connectivity index (χ0v) is 40.6. The molecule has 0 fully saturated rings. The van der Waals surface area contributed by atoms with Crippen molar-refractivity contribution in [3.05, 3.63) is 24.3 Å². The summed E-state index contributed by atoms with van der Waals surface area (Å²) in [6.45, 7) is 4.89. The van der Waals surface area contributed by atoms with E-state index in [1.165, 1.54) is 154 Å². The zero-order chi connectivity index (χ0) is 44.9. The molecule has 1 N–H and O–H groups in total. The molecule has 0 saturated heterocycles. The number of ether oxygens (including phenoxy) is 4. The minimum atomic E-state index is -1.51. The molecule has 0 aliphatic heterocycles. The van der Waals surface area contributed by atoms with E-state index in [1.807, 2.05) is 21.1 Å². The molecule has 9 nitrogen and oxygen atoms in total. The number of allylic oxidation sites excluding steroid dienone is 4. The SMILES string of the molecule is CCCCCCC/C=C\C/C=C\CCCCCCCCCCCC(=O)OC(COC(=O)CCCCCCCCCCCCCCCCC)COC(OCC[N+](C)(C)C)C(=O)O. The van der Waals surface area contributed by atoms with E-state index >= 15 is 0 Å². The summed E-state index contributed by atoms with van der Waals surface area (Å²) in [7, 11) is 5.96. The lowest BCUT2D eigenvalue weighted by Crippen LogP contribution is -2.40. The standard InChI is InChI=1S/C52H97NO8/c1-6-8-10-12-14-16-18-20-22-23-24-25-26-27-29-31-33-35-37-39-41-43-50(55)61-48(47-60-52(51(56)57)58-45-44-53(3,4)5)46-59-49(54)42-40-38-36-34-32-30-28-21-19-17-15-13-11-9-7-2/h18,20,23-24,48,52H,6-17,19,21-22,25-47H2,1-5H3/p+1/b20-18-,24-23-. The maximum absolute atomic E-state index is 12.8. The van der Waals surface area contributed by atoms with Crippen LogP contribution in [0.2, 0.25) is 0 Å². The zero-order valence-electron chi connectivity index (χ0n) is 40.6. The summed E-state index contributed by atoms with van der Waals surface area (Å²) in [4.78, 5) is 37.2. The Morgan fingerprint density at radius 3 is 1.30 bits per heavy atom. The Hall–Kier alpha value is -2.23. The lowest BCUT2D eigenvalue weighted by Gasteiger charge is -2.25. The molecular formula is C52H98NO8+. The van der Waals surface area contributed by atoms with Gasteiger partial charge in [-0.1, -0.05) is 199 Å². The van der Waals surface area contributed by atoms with Gasteiger partial charge in [0.1, 0.15) is 13.2 Å². The van der Waals surface area contributed by atoms with Crippen molar-refractivity contribution in [3.63, 3.8) is 0 Å². The predicted molar refractivity (Wildman–Crippen MR) is 254 cm³/mol. The largest absolute Gasteiger partial charge is 0.477 e. The van der Waals surface area contributed by atoms with Crippen LogP contribution >= 0.6 is 0 Å². The van der Waals surface area contributed by atoms with Crippen LogP contribution in [-0.4, -0.2) is 87.4 Å². The summed E-state index contributed by atoms with van der Waals surface area (Å²) < 4.78 is 22.8. The van der Waals surface area contributed by atoms with Crippen LogP contribution in [0.1, 0.15) is 232 Å². The lowest BCUT2D eigenvalue weighted by molar-refractivity contribution is -0.870. The van der Waals surface area contributed by atoms with E-state index in [2.05, 4.69) is 38.2 Å². The van der Waals surface area contributed by atoms with Crippen molar-refractivity contribution >= 4 is 17.9 Å². The number of esters is 2. The van der Waals surface area contributed by atoms with Crippen LogP contribution in [0.4, 0.5) is 0 Å². The van der Waals surface area contributed by atoms with Crippen LogP contribution in [0.5, 0.6) is 0 Å². The normalized spacial score (nSPS) is 13.0. The Morgan fingerprint density at radius 1 is 0.492 bits per heavy atom. The van der Waals surface area contributed by atoms with Gasteiger partial charge in [-0.25, -0.2) is 4.79 Å². The van der Waals surface area contributed by atoms with E-state index in [0.717, 1.165) is 51.4 Å². The summed E-state index contributed by atoms with van der Waals surface area (Å²) >= 11 is 0. The second kappa shape index (κ2) is 44.4. The average Bonchev–Trinajstić information content (AvgIpc) is 3.22. The van der Waals surface area contributed by atoms with Gasteiger partial charge in [0.15, 0.2) is 6.10 Å². The molecule has 0 aromatic rings. The third kappa shape index (κ3) is 45.6. The maximum Gasteiger partial charge on any atom is 0.361 e. The molecular weight excluding hydrogens is 767 g/mol. The molecule has 2 unspecified atom stereocenters. The van der Waals surface area contributed by atoms with Crippen LogP contribution in [0.15, 0.2) is 24.3 Å². The molecule has 9 heteroatoms. The van der Waals surface area contributed by atoms with Gasteiger partial charge in [-0.3, -0.25) is 9.59 Å². The summed E-state index contributed by atoms with van der Waals surface area (Å²) in [6, 6.07) is 0. The fraction of sp³-hybridized carbons (Fsp3) is 0.865. The Morgan fingerprint density at radius 2 is 0.885 bits per heavy atom. The van der Waals surface area contributed by atoms with Gasteiger partial charge in [-0.05, 0) is 44.9 Å². The summed E-state index contributed by atoms with van der Waals surface area (Å²) in [5.74, 6) is -2.00. The van der Waals surface area contributed by atoms with Crippen LogP contribution in [0.3, 0.4) is 0 Å². The minimum absolute atomic E-state index is 0.179. The predicted octanol–water partition coefficient (Wildman–Crippen LogP) is 14.0. The van der Waals surface area contributed by atoms with Gasteiger partial charge >= 0.3 is 17.9 Å². The number of unbranched alkanes of at least 4 members (excludes halogenated alkanes) is 28. The van der Waals surface area contributed by atoms with E-state index in [4.69, 9.17) is 18.9 Å². The Balaban J connectivity index is 4.33. The van der Waals surface area contributed by atoms with Gasteiger partial charge < -0.3 is 28.5 Å². The summed E-state index contributed by atoms with van der Waals surface area (Å²) in [5.41, 5.74) is 0. The smallest absolute Gasteiger partial charge is 0.361 e. The van der Waals surface area contributed by atoms with Crippen molar-refractivity contribution in [2.24, 2.45) is 0 Å². The first kappa shape index (κ1) is 58.8. The molecule has 358 valence electrons. The molecule has 61 heavy (non-hydrogen) atoms. The van der Waals surface area contributed by atoms with Crippen molar-refractivity contribution in [1.29, 1.82) is 0 Å². The number of carbonyl (C=O) groups excluding carboxylic acids is 2. The van der Waals surface area contributed by atoms with Crippen molar-refractivity contribution in [3.8, 4) is 0 Å². The molecule has 0 heterocycles. The molecule has 0 aliphatic carbocycles. The summed E-state index contributed by atoms with van der Waals surface area (Å²) in [5, 5.41) is 9.66. The van der Waals surface area contributed by atoms with Crippen LogP contribution < -0.4 is 0 Å². The molecule has 0 amide bonds. The van der Waals surface area contributed by atoms with Gasteiger partial charge in [-0.2, -0.15) is 0 Å². The van der Waals surface area contributed by atoms with Gasteiger partial charge in [0, 0.05) is 12.8 Å². The number of aliphatic carboxylic acids is 1. The highest BCUT2D eigenvalue weighted by Crippen LogP contribution is 2.16. The number of carboxylic acid groups (broad SMARTS) is 1. The van der Waals surface area contributed by atoms with Gasteiger partial charge in [-0.15, -0.1) is 0 Å². The molecule has 0 aliphatic rings. The fourth-order valence-electron chi connectivity index (χ4n) is 7.22. The number of hydrogen-bond acceptors (Lipinski definition) is 7. The van der Waals surface area contributed by atoms with Crippen molar-refractivity contribution < 1.29 is 42.9 Å². The maximum atomic E-state index is 12.8. The first-order valence-electron chi connectivity index (χ1n) is 25.5.